The van der Waals surface area contributed by atoms with E-state index in [0.717, 1.165) is 13.1 Å². The number of anilines is 1. The molecule has 0 bridgehead atoms. The Morgan fingerprint density at radius 2 is 2.00 bits per heavy atom. The number of nitrogens with two attached hydrogens (primary N) is 1. The van der Waals surface area contributed by atoms with Crippen molar-refractivity contribution in [1.29, 1.82) is 0 Å². The second-order valence-corrected chi connectivity index (χ2v) is 8.10. The van der Waals surface area contributed by atoms with Gasteiger partial charge in [0.15, 0.2) is 0 Å². The van der Waals surface area contributed by atoms with Gasteiger partial charge in [-0.3, -0.25) is 4.90 Å². The van der Waals surface area contributed by atoms with E-state index in [9.17, 15) is 8.42 Å². The van der Waals surface area contributed by atoms with Crippen molar-refractivity contribution in [3.63, 3.8) is 0 Å². The molecule has 0 spiro atoms. The fourth-order valence-electron chi connectivity index (χ4n) is 2.48. The molecule has 0 aromatic heterocycles. The van der Waals surface area contributed by atoms with Gasteiger partial charge in [0.05, 0.1) is 4.90 Å². The number of hydrogen-bond acceptors (Lipinski definition) is 4. The van der Waals surface area contributed by atoms with Gasteiger partial charge in [0.1, 0.15) is 0 Å². The van der Waals surface area contributed by atoms with E-state index in [2.05, 4.69) is 32.5 Å². The summed E-state index contributed by atoms with van der Waals surface area (Å²) in [5.74, 6) is 0. The van der Waals surface area contributed by atoms with Crippen LogP contribution in [0.4, 0.5) is 5.69 Å². The van der Waals surface area contributed by atoms with Crippen LogP contribution in [0.3, 0.4) is 0 Å². The topological polar surface area (TPSA) is 75.4 Å². The van der Waals surface area contributed by atoms with Crippen molar-refractivity contribution >= 4 is 31.6 Å². The van der Waals surface area contributed by atoms with Crippen LogP contribution in [0.1, 0.15) is 26.2 Å². The zero-order chi connectivity index (χ0) is 15.5. The number of nitrogen functional groups attached to an aromatic ring is 1. The van der Waals surface area contributed by atoms with E-state index in [-0.39, 0.29) is 10.9 Å². The van der Waals surface area contributed by atoms with Gasteiger partial charge in [-0.05, 0) is 67.0 Å². The summed E-state index contributed by atoms with van der Waals surface area (Å²) < 4.78 is 27.9. The zero-order valence-corrected chi connectivity index (χ0v) is 14.6. The summed E-state index contributed by atoms with van der Waals surface area (Å²) in [6.07, 6.45) is 3.67. The number of nitrogens with zero attached hydrogens (tertiary/aromatic N) is 1. The number of piperidine rings is 1. The van der Waals surface area contributed by atoms with Crippen LogP contribution >= 0.6 is 15.9 Å². The molecule has 5 nitrogen and oxygen atoms in total. The number of sulfonamides is 1. The minimum Gasteiger partial charge on any atom is -0.398 e. The first kappa shape index (κ1) is 16.7. The highest BCUT2D eigenvalue weighted by molar-refractivity contribution is 9.10. The molecule has 1 aromatic carbocycles. The molecule has 1 heterocycles. The highest BCUT2D eigenvalue weighted by Gasteiger charge is 2.20. The summed E-state index contributed by atoms with van der Waals surface area (Å²) >= 11 is 3.26. The van der Waals surface area contributed by atoms with Crippen molar-refractivity contribution in [2.75, 3.05) is 25.4 Å². The lowest BCUT2D eigenvalue weighted by atomic mass is 10.1. The molecule has 1 unspecified atom stereocenters. The zero-order valence-electron chi connectivity index (χ0n) is 12.2. The highest BCUT2D eigenvalue weighted by atomic mass is 79.9. The summed E-state index contributed by atoms with van der Waals surface area (Å²) in [6.45, 7) is 4.59. The quantitative estimate of drug-likeness (QED) is 0.773. The average molecular weight is 376 g/mol. The molecule has 21 heavy (non-hydrogen) atoms. The number of hydrogen-bond donors (Lipinski definition) is 2. The first-order chi connectivity index (χ1) is 9.90. The molecule has 7 heteroatoms. The molecule has 1 atom stereocenters. The Bertz CT molecular complexity index is 586. The Labute approximate surface area is 135 Å². The van der Waals surface area contributed by atoms with Gasteiger partial charge >= 0.3 is 0 Å². The second kappa shape index (κ2) is 7.09. The summed E-state index contributed by atoms with van der Waals surface area (Å²) in [5, 5.41) is 0. The summed E-state index contributed by atoms with van der Waals surface area (Å²) in [6, 6.07) is 4.85. The van der Waals surface area contributed by atoms with Gasteiger partial charge in [-0.1, -0.05) is 6.42 Å². The lowest BCUT2D eigenvalue weighted by molar-refractivity contribution is 0.175. The Hall–Kier alpha value is -0.630. The maximum absolute atomic E-state index is 12.3. The molecule has 1 saturated heterocycles. The minimum atomic E-state index is -3.50. The van der Waals surface area contributed by atoms with E-state index in [1.54, 1.807) is 6.07 Å². The van der Waals surface area contributed by atoms with Crippen LogP contribution in [0.2, 0.25) is 0 Å². The van der Waals surface area contributed by atoms with Crippen LogP contribution in [-0.4, -0.2) is 39.0 Å². The number of rotatable bonds is 5. The van der Waals surface area contributed by atoms with Gasteiger partial charge in [0.2, 0.25) is 10.0 Å². The van der Waals surface area contributed by atoms with Gasteiger partial charge in [0, 0.05) is 22.7 Å². The Kier molecular flexibility index (Phi) is 5.65. The second-order valence-electron chi connectivity index (χ2n) is 5.48. The minimum absolute atomic E-state index is 0.206. The van der Waals surface area contributed by atoms with Gasteiger partial charge in [-0.2, -0.15) is 0 Å². The van der Waals surface area contributed by atoms with E-state index in [1.807, 2.05) is 0 Å². The van der Waals surface area contributed by atoms with Gasteiger partial charge < -0.3 is 5.73 Å². The third-order valence-corrected chi connectivity index (χ3v) is 5.97. The SMILES string of the molecule is CC(CNS(=O)(=O)c1ccc(N)c(Br)c1)N1CCCCC1. The highest BCUT2D eigenvalue weighted by Crippen LogP contribution is 2.23. The predicted octanol–water partition coefficient (Wildman–Crippen LogP) is 2.18. The van der Waals surface area contributed by atoms with Crippen molar-refractivity contribution in [2.45, 2.75) is 37.1 Å². The van der Waals surface area contributed by atoms with Crippen molar-refractivity contribution < 1.29 is 8.42 Å². The molecular weight excluding hydrogens is 354 g/mol. The fourth-order valence-corrected chi connectivity index (χ4v) is 4.15. The van der Waals surface area contributed by atoms with Crippen LogP contribution in [0.15, 0.2) is 27.6 Å². The lowest BCUT2D eigenvalue weighted by Crippen LogP contribution is -2.44. The standard InChI is InChI=1S/C14H22BrN3O2S/c1-11(18-7-3-2-4-8-18)10-17-21(19,20)12-5-6-14(16)13(15)9-12/h5-6,9,11,17H,2-4,7-8,10,16H2,1H3. The molecule has 1 aliphatic heterocycles. The van der Waals surface area contributed by atoms with Gasteiger partial charge in [-0.25, -0.2) is 13.1 Å². The van der Waals surface area contributed by atoms with Crippen molar-refractivity contribution in [3.05, 3.63) is 22.7 Å². The van der Waals surface area contributed by atoms with Gasteiger partial charge in [0.25, 0.3) is 0 Å². The Morgan fingerprint density at radius 3 is 2.62 bits per heavy atom. The Balaban J connectivity index is 1.98. The molecule has 118 valence electrons. The predicted molar refractivity (Wildman–Crippen MR) is 88.6 cm³/mol. The summed E-state index contributed by atoms with van der Waals surface area (Å²) in [7, 11) is -3.50. The summed E-state index contributed by atoms with van der Waals surface area (Å²) in [4.78, 5) is 2.57. The van der Waals surface area contributed by atoms with Crippen molar-refractivity contribution in [1.82, 2.24) is 9.62 Å². The molecular formula is C14H22BrN3O2S. The summed E-state index contributed by atoms with van der Waals surface area (Å²) in [5.41, 5.74) is 6.21. The fraction of sp³-hybridized carbons (Fsp3) is 0.571. The average Bonchev–Trinajstić information content (AvgIpc) is 2.48. The molecule has 3 N–H and O–H groups in total. The van der Waals surface area contributed by atoms with E-state index < -0.39 is 10.0 Å². The number of halogens is 1. The molecule has 1 aliphatic rings. The van der Waals surface area contributed by atoms with Crippen LogP contribution in [-0.2, 0) is 10.0 Å². The third-order valence-electron chi connectivity index (χ3n) is 3.86. The van der Waals surface area contributed by atoms with Crippen molar-refractivity contribution in [2.24, 2.45) is 0 Å². The largest absolute Gasteiger partial charge is 0.398 e. The molecule has 0 amide bonds. The molecule has 1 fully saturated rings. The maximum Gasteiger partial charge on any atom is 0.240 e. The van der Waals surface area contributed by atoms with Crippen LogP contribution in [0, 0.1) is 0 Å². The third kappa shape index (κ3) is 4.42. The monoisotopic (exact) mass is 375 g/mol. The van der Waals surface area contributed by atoms with E-state index >= 15 is 0 Å². The van der Waals surface area contributed by atoms with Crippen LogP contribution < -0.4 is 10.5 Å². The van der Waals surface area contributed by atoms with Crippen molar-refractivity contribution in [3.8, 4) is 0 Å². The van der Waals surface area contributed by atoms with E-state index in [0.29, 0.717) is 16.7 Å². The normalized spacial score (nSPS) is 18.6. The molecule has 0 saturated carbocycles. The molecule has 0 radical (unpaired) electrons. The lowest BCUT2D eigenvalue weighted by Gasteiger charge is -2.32. The molecule has 0 aliphatic carbocycles. The van der Waals surface area contributed by atoms with E-state index in [1.165, 1.54) is 31.4 Å². The first-order valence-corrected chi connectivity index (χ1v) is 9.46. The smallest absolute Gasteiger partial charge is 0.240 e. The first-order valence-electron chi connectivity index (χ1n) is 7.19. The van der Waals surface area contributed by atoms with E-state index in [4.69, 9.17) is 5.73 Å². The maximum atomic E-state index is 12.3. The van der Waals surface area contributed by atoms with Gasteiger partial charge in [-0.15, -0.1) is 0 Å². The molecule has 2 rings (SSSR count). The number of likely N-dealkylation sites (tertiary alicyclic amines) is 1. The Morgan fingerprint density at radius 1 is 1.33 bits per heavy atom. The number of nitrogens with one attached hydrogen (secondary N) is 1. The number of benzene rings is 1. The van der Waals surface area contributed by atoms with Crippen LogP contribution in [0.5, 0.6) is 0 Å². The molecule has 1 aromatic rings. The van der Waals surface area contributed by atoms with Crippen LogP contribution in [0.25, 0.3) is 0 Å².